The van der Waals surface area contributed by atoms with Crippen LogP contribution in [0.25, 0.3) is 11.0 Å². The van der Waals surface area contributed by atoms with E-state index in [4.69, 9.17) is 11.6 Å². The van der Waals surface area contributed by atoms with Crippen LogP contribution in [-0.4, -0.2) is 30.3 Å². The Kier molecular flexibility index (Phi) is 4.26. The first kappa shape index (κ1) is 16.6. The van der Waals surface area contributed by atoms with Gasteiger partial charge in [-0.05, 0) is 43.2 Å². The van der Waals surface area contributed by atoms with E-state index in [0.717, 1.165) is 43.3 Å². The van der Waals surface area contributed by atoms with Crippen LogP contribution in [0.4, 0.5) is 11.4 Å². The number of hydrogen-bond donors (Lipinski definition) is 1. The predicted octanol–water partition coefficient (Wildman–Crippen LogP) is 3.75. The predicted molar refractivity (Wildman–Crippen MR) is 101 cm³/mol. The summed E-state index contributed by atoms with van der Waals surface area (Å²) in [6.45, 7) is 1.81. The molecule has 2 heterocycles. The van der Waals surface area contributed by atoms with Gasteiger partial charge in [0.15, 0.2) is 0 Å². The molecule has 25 heavy (non-hydrogen) atoms. The Morgan fingerprint density at radius 1 is 1.12 bits per heavy atom. The molecule has 1 aromatic heterocycles. The molecule has 0 spiro atoms. The molecule has 1 fully saturated rings. The van der Waals surface area contributed by atoms with Crippen molar-refractivity contribution in [2.45, 2.75) is 17.7 Å². The second-order valence-electron chi connectivity index (χ2n) is 5.85. The molecule has 1 N–H and O–H groups in total. The fraction of sp³-hybridized carbons (Fsp3) is 0.250. The fourth-order valence-electron chi connectivity index (χ4n) is 3.02. The molecule has 0 bridgehead atoms. The summed E-state index contributed by atoms with van der Waals surface area (Å²) in [6, 6.07) is 10.2. The van der Waals surface area contributed by atoms with Crippen LogP contribution >= 0.6 is 23.3 Å². The quantitative estimate of drug-likeness (QED) is 0.729. The van der Waals surface area contributed by atoms with Gasteiger partial charge in [0.1, 0.15) is 15.9 Å². The highest BCUT2D eigenvalue weighted by molar-refractivity contribution is 7.93. The zero-order valence-corrected chi connectivity index (χ0v) is 15.5. The van der Waals surface area contributed by atoms with Crippen molar-refractivity contribution in [2.24, 2.45) is 0 Å². The average Bonchev–Trinajstić information content (AvgIpc) is 3.25. The van der Waals surface area contributed by atoms with E-state index in [1.165, 1.54) is 6.07 Å². The molecule has 0 saturated carbocycles. The third-order valence-electron chi connectivity index (χ3n) is 4.19. The summed E-state index contributed by atoms with van der Waals surface area (Å²) in [5.74, 6) is 0. The van der Waals surface area contributed by atoms with Gasteiger partial charge in [0.2, 0.25) is 0 Å². The van der Waals surface area contributed by atoms with Crippen molar-refractivity contribution in [1.82, 2.24) is 8.75 Å². The largest absolute Gasteiger partial charge is 0.370 e. The maximum absolute atomic E-state index is 13.0. The van der Waals surface area contributed by atoms with E-state index in [0.29, 0.717) is 21.7 Å². The highest BCUT2D eigenvalue weighted by atomic mass is 35.5. The first-order valence-corrected chi connectivity index (χ1v) is 10.4. The Hall–Kier alpha value is -1.90. The normalized spacial score (nSPS) is 15.0. The van der Waals surface area contributed by atoms with Crippen LogP contribution < -0.4 is 9.62 Å². The maximum Gasteiger partial charge on any atom is 0.264 e. The van der Waals surface area contributed by atoms with Crippen molar-refractivity contribution in [3.05, 3.63) is 41.4 Å². The zero-order valence-electron chi connectivity index (χ0n) is 13.1. The number of benzene rings is 2. The molecule has 4 rings (SSSR count). The van der Waals surface area contributed by atoms with E-state index in [9.17, 15) is 8.42 Å². The van der Waals surface area contributed by atoms with Gasteiger partial charge in [0, 0.05) is 18.1 Å². The number of nitrogens with one attached hydrogen (secondary N) is 1. The minimum atomic E-state index is -3.81. The van der Waals surface area contributed by atoms with Crippen molar-refractivity contribution in [3.63, 3.8) is 0 Å². The summed E-state index contributed by atoms with van der Waals surface area (Å²) >= 11 is 7.10. The molecule has 1 aliphatic rings. The Morgan fingerprint density at radius 3 is 2.72 bits per heavy atom. The minimum absolute atomic E-state index is 0.117. The molecule has 0 atom stereocenters. The number of nitrogens with zero attached hydrogens (tertiary/aromatic N) is 3. The lowest BCUT2D eigenvalue weighted by atomic mass is 10.2. The van der Waals surface area contributed by atoms with Crippen molar-refractivity contribution in [3.8, 4) is 0 Å². The van der Waals surface area contributed by atoms with E-state index in [-0.39, 0.29) is 4.90 Å². The number of fused-ring (bicyclic) bond motifs is 1. The molecule has 3 aromatic rings. The van der Waals surface area contributed by atoms with Gasteiger partial charge in [-0.2, -0.15) is 8.75 Å². The standard InChI is InChI=1S/C16H15ClN4O2S2/c17-11-6-7-14(21-8-1-2-9-21)13(10-11)20-25(22,23)15-5-3-4-12-16(15)19-24-18-12/h3-7,10,20H,1-2,8-9H2. The van der Waals surface area contributed by atoms with Crippen molar-refractivity contribution >= 4 is 55.8 Å². The van der Waals surface area contributed by atoms with Crippen LogP contribution in [0.15, 0.2) is 41.3 Å². The second-order valence-corrected chi connectivity index (χ2v) is 8.46. The van der Waals surface area contributed by atoms with Gasteiger partial charge in [-0.3, -0.25) is 4.72 Å². The lowest BCUT2D eigenvalue weighted by Crippen LogP contribution is -2.21. The van der Waals surface area contributed by atoms with Crippen LogP contribution in [0.2, 0.25) is 5.02 Å². The van der Waals surface area contributed by atoms with Gasteiger partial charge >= 0.3 is 0 Å². The monoisotopic (exact) mass is 394 g/mol. The van der Waals surface area contributed by atoms with Crippen molar-refractivity contribution in [2.75, 3.05) is 22.7 Å². The molecule has 2 aromatic carbocycles. The highest BCUT2D eigenvalue weighted by Gasteiger charge is 2.23. The average molecular weight is 395 g/mol. The molecular formula is C16H15ClN4O2S2. The lowest BCUT2D eigenvalue weighted by molar-refractivity contribution is 0.602. The van der Waals surface area contributed by atoms with Gasteiger partial charge in [-0.1, -0.05) is 17.7 Å². The Bertz CT molecular complexity index is 1030. The number of sulfonamides is 1. The Labute approximate surface area is 154 Å². The van der Waals surface area contributed by atoms with E-state index in [1.807, 2.05) is 6.07 Å². The third-order valence-corrected chi connectivity index (χ3v) is 6.36. The van der Waals surface area contributed by atoms with Crippen LogP contribution in [0.1, 0.15) is 12.8 Å². The number of anilines is 2. The summed E-state index contributed by atoms with van der Waals surface area (Å²) in [5, 5.41) is 0.481. The molecular weight excluding hydrogens is 380 g/mol. The fourth-order valence-corrected chi connectivity index (χ4v) is 5.03. The van der Waals surface area contributed by atoms with Crippen LogP contribution in [0.5, 0.6) is 0 Å². The summed E-state index contributed by atoms with van der Waals surface area (Å²) in [6.07, 6.45) is 2.19. The summed E-state index contributed by atoms with van der Waals surface area (Å²) in [5.41, 5.74) is 2.27. The lowest BCUT2D eigenvalue weighted by Gasteiger charge is -2.22. The van der Waals surface area contributed by atoms with Gasteiger partial charge in [-0.15, -0.1) is 0 Å². The zero-order chi connectivity index (χ0) is 17.4. The smallest absolute Gasteiger partial charge is 0.264 e. The molecule has 1 saturated heterocycles. The van der Waals surface area contributed by atoms with E-state index >= 15 is 0 Å². The Morgan fingerprint density at radius 2 is 1.92 bits per heavy atom. The maximum atomic E-state index is 13.0. The SMILES string of the molecule is O=S(=O)(Nc1cc(Cl)ccc1N1CCCC1)c1cccc2nsnc12. The van der Waals surface area contributed by atoms with Gasteiger partial charge < -0.3 is 4.90 Å². The first-order valence-electron chi connectivity index (χ1n) is 7.83. The van der Waals surface area contributed by atoms with E-state index < -0.39 is 10.0 Å². The van der Waals surface area contributed by atoms with Crippen LogP contribution in [0, 0.1) is 0 Å². The number of halogens is 1. The molecule has 1 aliphatic heterocycles. The van der Waals surface area contributed by atoms with Crippen LogP contribution in [-0.2, 0) is 10.0 Å². The van der Waals surface area contributed by atoms with Crippen molar-refractivity contribution in [1.29, 1.82) is 0 Å². The molecule has 0 aliphatic carbocycles. The second kappa shape index (κ2) is 6.44. The van der Waals surface area contributed by atoms with E-state index in [2.05, 4.69) is 18.4 Å². The molecule has 0 unspecified atom stereocenters. The first-order chi connectivity index (χ1) is 12.0. The summed E-state index contributed by atoms with van der Waals surface area (Å²) in [7, 11) is -3.81. The topological polar surface area (TPSA) is 75.2 Å². The molecule has 6 nitrogen and oxygen atoms in total. The molecule has 9 heteroatoms. The van der Waals surface area contributed by atoms with Gasteiger partial charge in [0.05, 0.1) is 23.1 Å². The number of aromatic nitrogens is 2. The summed E-state index contributed by atoms with van der Waals surface area (Å²) in [4.78, 5) is 2.28. The molecule has 130 valence electrons. The number of rotatable bonds is 4. The summed E-state index contributed by atoms with van der Waals surface area (Å²) < 4.78 is 36.8. The number of hydrogen-bond acceptors (Lipinski definition) is 6. The van der Waals surface area contributed by atoms with E-state index in [1.54, 1.807) is 24.3 Å². The highest BCUT2D eigenvalue weighted by Crippen LogP contribution is 2.33. The minimum Gasteiger partial charge on any atom is -0.370 e. The molecule has 0 amide bonds. The van der Waals surface area contributed by atoms with Gasteiger partial charge in [-0.25, -0.2) is 8.42 Å². The van der Waals surface area contributed by atoms with Gasteiger partial charge in [0.25, 0.3) is 10.0 Å². The Balaban J connectivity index is 1.76. The van der Waals surface area contributed by atoms with Crippen LogP contribution in [0.3, 0.4) is 0 Å². The molecule has 0 radical (unpaired) electrons. The third kappa shape index (κ3) is 3.17. The van der Waals surface area contributed by atoms with Crippen molar-refractivity contribution < 1.29 is 8.42 Å².